The van der Waals surface area contributed by atoms with Gasteiger partial charge in [0.2, 0.25) is 5.91 Å². The third-order valence-electron chi connectivity index (χ3n) is 2.56. The number of aliphatic carboxylic acids is 1. The molecule has 18 heavy (non-hydrogen) atoms. The first-order valence-electron chi connectivity index (χ1n) is 5.77. The molecular weight excluding hydrogens is 237 g/mol. The second-order valence-electron chi connectivity index (χ2n) is 4.07. The van der Waals surface area contributed by atoms with E-state index in [-0.39, 0.29) is 30.6 Å². The molecule has 0 aromatic heterocycles. The number of carboxylic acids is 1. The van der Waals surface area contributed by atoms with Gasteiger partial charge in [-0.3, -0.25) is 9.59 Å². The zero-order chi connectivity index (χ0) is 13.5. The van der Waals surface area contributed by atoms with Crippen molar-refractivity contribution in [1.29, 1.82) is 0 Å². The Kier molecular flexibility index (Phi) is 5.30. The quantitative estimate of drug-likeness (QED) is 0.811. The Morgan fingerprint density at radius 1 is 1.33 bits per heavy atom. The van der Waals surface area contributed by atoms with Gasteiger partial charge >= 0.3 is 5.97 Å². The molecule has 0 spiro atoms. The lowest BCUT2D eigenvalue weighted by Crippen LogP contribution is -2.36. The van der Waals surface area contributed by atoms with E-state index in [9.17, 15) is 14.0 Å². The monoisotopic (exact) mass is 253 g/mol. The first-order valence-corrected chi connectivity index (χ1v) is 5.77. The SMILES string of the molecule is CCC(CC(=O)O)NC(=O)Cc1ccc(F)cc1. The number of amides is 1. The van der Waals surface area contributed by atoms with Gasteiger partial charge in [-0.05, 0) is 24.1 Å². The average Bonchev–Trinajstić information content (AvgIpc) is 2.30. The maximum absolute atomic E-state index is 12.7. The Bertz CT molecular complexity index is 417. The molecule has 0 bridgehead atoms. The van der Waals surface area contributed by atoms with Crippen LogP contribution in [0.5, 0.6) is 0 Å². The largest absolute Gasteiger partial charge is 0.481 e. The van der Waals surface area contributed by atoms with Gasteiger partial charge in [-0.15, -0.1) is 0 Å². The minimum atomic E-state index is -0.941. The predicted molar refractivity (Wildman–Crippen MR) is 64.6 cm³/mol. The van der Waals surface area contributed by atoms with Crippen molar-refractivity contribution >= 4 is 11.9 Å². The first kappa shape index (κ1) is 14.2. The van der Waals surface area contributed by atoms with E-state index < -0.39 is 5.97 Å². The van der Waals surface area contributed by atoms with Gasteiger partial charge in [0.15, 0.2) is 0 Å². The van der Waals surface area contributed by atoms with Gasteiger partial charge < -0.3 is 10.4 Å². The lowest BCUT2D eigenvalue weighted by Gasteiger charge is -2.14. The van der Waals surface area contributed by atoms with E-state index in [2.05, 4.69) is 5.32 Å². The van der Waals surface area contributed by atoms with Crippen molar-refractivity contribution < 1.29 is 19.1 Å². The van der Waals surface area contributed by atoms with Crippen LogP contribution in [0.1, 0.15) is 25.3 Å². The molecule has 2 N–H and O–H groups in total. The zero-order valence-electron chi connectivity index (χ0n) is 10.1. The van der Waals surface area contributed by atoms with E-state index in [1.54, 1.807) is 0 Å². The molecule has 0 aliphatic heterocycles. The molecule has 1 aromatic rings. The fourth-order valence-electron chi connectivity index (χ4n) is 1.57. The summed E-state index contributed by atoms with van der Waals surface area (Å²) >= 11 is 0. The summed E-state index contributed by atoms with van der Waals surface area (Å²) in [7, 11) is 0. The van der Waals surface area contributed by atoms with Crippen LogP contribution in [-0.4, -0.2) is 23.0 Å². The predicted octanol–water partition coefficient (Wildman–Crippen LogP) is 1.74. The van der Waals surface area contributed by atoms with E-state index in [0.717, 1.165) is 0 Å². The normalized spacial score (nSPS) is 11.9. The Morgan fingerprint density at radius 2 is 1.94 bits per heavy atom. The summed E-state index contributed by atoms with van der Waals surface area (Å²) in [6.45, 7) is 1.81. The van der Waals surface area contributed by atoms with Gasteiger partial charge in [-0.25, -0.2) is 4.39 Å². The van der Waals surface area contributed by atoms with Crippen LogP contribution in [-0.2, 0) is 16.0 Å². The van der Waals surface area contributed by atoms with Crippen LogP contribution in [0.4, 0.5) is 4.39 Å². The Hall–Kier alpha value is -1.91. The number of halogens is 1. The topological polar surface area (TPSA) is 66.4 Å². The van der Waals surface area contributed by atoms with E-state index >= 15 is 0 Å². The number of hydrogen-bond donors (Lipinski definition) is 2. The average molecular weight is 253 g/mol. The summed E-state index contributed by atoms with van der Waals surface area (Å²) in [5, 5.41) is 11.3. The molecule has 0 aliphatic rings. The molecule has 1 unspecified atom stereocenters. The Balaban J connectivity index is 2.49. The van der Waals surface area contributed by atoms with Gasteiger partial charge in [-0.1, -0.05) is 19.1 Å². The fraction of sp³-hybridized carbons (Fsp3) is 0.385. The van der Waals surface area contributed by atoms with Crippen molar-refractivity contribution in [1.82, 2.24) is 5.32 Å². The van der Waals surface area contributed by atoms with Crippen molar-refractivity contribution in [3.05, 3.63) is 35.6 Å². The number of benzene rings is 1. The van der Waals surface area contributed by atoms with Crippen LogP contribution >= 0.6 is 0 Å². The van der Waals surface area contributed by atoms with Crippen molar-refractivity contribution in [2.75, 3.05) is 0 Å². The van der Waals surface area contributed by atoms with Crippen LogP contribution in [0, 0.1) is 5.82 Å². The van der Waals surface area contributed by atoms with Crippen LogP contribution < -0.4 is 5.32 Å². The maximum Gasteiger partial charge on any atom is 0.305 e. The highest BCUT2D eigenvalue weighted by Crippen LogP contribution is 2.04. The number of rotatable bonds is 6. The highest BCUT2D eigenvalue weighted by Gasteiger charge is 2.14. The Morgan fingerprint density at radius 3 is 2.44 bits per heavy atom. The highest BCUT2D eigenvalue weighted by atomic mass is 19.1. The highest BCUT2D eigenvalue weighted by molar-refractivity contribution is 5.79. The lowest BCUT2D eigenvalue weighted by molar-refractivity contribution is -0.137. The molecule has 1 aromatic carbocycles. The van der Waals surface area contributed by atoms with Crippen LogP contribution in [0.15, 0.2) is 24.3 Å². The van der Waals surface area contributed by atoms with Gasteiger partial charge in [0, 0.05) is 6.04 Å². The number of carbonyl (C=O) groups is 2. The third kappa shape index (κ3) is 4.95. The minimum Gasteiger partial charge on any atom is -0.481 e. The zero-order valence-corrected chi connectivity index (χ0v) is 10.1. The van der Waals surface area contributed by atoms with Crippen molar-refractivity contribution in [3.63, 3.8) is 0 Å². The van der Waals surface area contributed by atoms with Gasteiger partial charge in [-0.2, -0.15) is 0 Å². The number of hydrogen-bond acceptors (Lipinski definition) is 2. The molecule has 0 aliphatic carbocycles. The standard InChI is InChI=1S/C13H16FNO3/c1-2-11(8-13(17)18)15-12(16)7-9-3-5-10(14)6-4-9/h3-6,11H,2,7-8H2,1H3,(H,15,16)(H,17,18). The summed E-state index contributed by atoms with van der Waals surface area (Å²) in [6.07, 6.45) is 0.587. The molecule has 98 valence electrons. The lowest BCUT2D eigenvalue weighted by atomic mass is 10.1. The number of nitrogens with one attached hydrogen (secondary N) is 1. The van der Waals surface area contributed by atoms with E-state index in [0.29, 0.717) is 12.0 Å². The van der Waals surface area contributed by atoms with Gasteiger partial charge in [0.05, 0.1) is 12.8 Å². The maximum atomic E-state index is 12.7. The second-order valence-corrected chi connectivity index (χ2v) is 4.07. The molecular formula is C13H16FNO3. The summed E-state index contributed by atoms with van der Waals surface area (Å²) in [5.41, 5.74) is 0.694. The van der Waals surface area contributed by atoms with Gasteiger partial charge in [0.1, 0.15) is 5.82 Å². The molecule has 1 rings (SSSR count). The minimum absolute atomic E-state index is 0.0916. The molecule has 0 heterocycles. The number of carbonyl (C=O) groups excluding carboxylic acids is 1. The van der Waals surface area contributed by atoms with E-state index in [4.69, 9.17) is 5.11 Å². The fourth-order valence-corrected chi connectivity index (χ4v) is 1.57. The molecule has 1 amide bonds. The molecule has 4 nitrogen and oxygen atoms in total. The molecule has 0 radical (unpaired) electrons. The molecule has 0 saturated heterocycles. The molecule has 1 atom stereocenters. The first-order chi connectivity index (χ1) is 8.51. The van der Waals surface area contributed by atoms with Crippen LogP contribution in [0.3, 0.4) is 0 Å². The van der Waals surface area contributed by atoms with Crippen LogP contribution in [0.25, 0.3) is 0 Å². The van der Waals surface area contributed by atoms with Crippen LogP contribution in [0.2, 0.25) is 0 Å². The smallest absolute Gasteiger partial charge is 0.305 e. The summed E-state index contributed by atoms with van der Waals surface area (Å²) in [4.78, 5) is 22.2. The summed E-state index contributed by atoms with van der Waals surface area (Å²) in [5.74, 6) is -1.55. The molecule has 5 heteroatoms. The van der Waals surface area contributed by atoms with Crippen molar-refractivity contribution in [3.8, 4) is 0 Å². The second kappa shape index (κ2) is 6.74. The van der Waals surface area contributed by atoms with Gasteiger partial charge in [0.25, 0.3) is 0 Å². The van der Waals surface area contributed by atoms with Crippen molar-refractivity contribution in [2.24, 2.45) is 0 Å². The van der Waals surface area contributed by atoms with Crippen molar-refractivity contribution in [2.45, 2.75) is 32.2 Å². The Labute approximate surface area is 105 Å². The molecule has 0 fully saturated rings. The number of carboxylic acid groups (broad SMARTS) is 1. The van der Waals surface area contributed by atoms with E-state index in [1.165, 1.54) is 24.3 Å². The van der Waals surface area contributed by atoms with E-state index in [1.807, 2.05) is 6.92 Å². The molecule has 0 saturated carbocycles. The summed E-state index contributed by atoms with van der Waals surface area (Å²) < 4.78 is 12.7. The third-order valence-corrected chi connectivity index (χ3v) is 2.56. The summed E-state index contributed by atoms with van der Waals surface area (Å²) in [6, 6.07) is 5.28.